The van der Waals surface area contributed by atoms with Crippen LogP contribution in [-0.2, 0) is 0 Å². The van der Waals surface area contributed by atoms with Crippen LogP contribution in [0.5, 0.6) is 0 Å². The Morgan fingerprint density at radius 3 is 2.43 bits per heavy atom. The maximum atomic E-state index is 9.78. The first-order valence-electron chi connectivity index (χ1n) is 5.78. The summed E-state index contributed by atoms with van der Waals surface area (Å²) < 4.78 is 0. The Kier molecular flexibility index (Phi) is 6.10. The maximum Gasteiger partial charge on any atom is 0.0617 e. The van der Waals surface area contributed by atoms with Gasteiger partial charge in [-0.05, 0) is 45.4 Å². The molecule has 0 saturated carbocycles. The number of allylic oxidation sites excluding steroid dienone is 2. The van der Waals surface area contributed by atoms with Crippen LogP contribution in [0.2, 0.25) is 0 Å². The van der Waals surface area contributed by atoms with E-state index >= 15 is 0 Å². The molecule has 0 rings (SSSR count). The number of hydrogen-bond donors (Lipinski definition) is 1. The van der Waals surface area contributed by atoms with E-state index < -0.39 is 5.60 Å². The van der Waals surface area contributed by atoms with Gasteiger partial charge in [-0.15, -0.1) is 0 Å². The molecule has 0 aliphatic rings. The average molecular weight is 198 g/mol. The Balaban J connectivity index is 3.71. The summed E-state index contributed by atoms with van der Waals surface area (Å²) in [5.41, 5.74) is 1.00. The Morgan fingerprint density at radius 2 is 2.00 bits per heavy atom. The fourth-order valence-corrected chi connectivity index (χ4v) is 1.23. The van der Waals surface area contributed by atoms with Gasteiger partial charge < -0.3 is 5.11 Å². The van der Waals surface area contributed by atoms with Crippen LogP contribution in [0.3, 0.4) is 0 Å². The Hall–Kier alpha value is -0.300. The predicted molar refractivity (Wildman–Crippen MR) is 63.4 cm³/mol. The Labute approximate surface area is 89.2 Å². The first-order valence-corrected chi connectivity index (χ1v) is 5.78. The lowest BCUT2D eigenvalue weighted by Gasteiger charge is -2.20. The third kappa shape index (κ3) is 6.20. The lowest BCUT2D eigenvalue weighted by molar-refractivity contribution is 0.0452. The van der Waals surface area contributed by atoms with Gasteiger partial charge in [0.25, 0.3) is 0 Å². The fraction of sp³-hybridized carbons (Fsp3) is 0.846. The van der Waals surface area contributed by atoms with Crippen molar-refractivity contribution in [2.24, 2.45) is 5.92 Å². The third-order valence-corrected chi connectivity index (χ3v) is 3.06. The van der Waals surface area contributed by atoms with Crippen LogP contribution in [-0.4, -0.2) is 10.7 Å². The Morgan fingerprint density at radius 1 is 1.43 bits per heavy atom. The molecule has 14 heavy (non-hydrogen) atoms. The van der Waals surface area contributed by atoms with Crippen LogP contribution in [0, 0.1) is 5.92 Å². The zero-order valence-corrected chi connectivity index (χ0v) is 10.4. The highest BCUT2D eigenvalue weighted by Crippen LogP contribution is 2.18. The van der Waals surface area contributed by atoms with Crippen LogP contribution in [0.1, 0.15) is 60.3 Å². The SMILES string of the molecule is CCC(C)(O)CCC/C=C(\C)C(C)C. The molecule has 0 bridgehead atoms. The highest BCUT2D eigenvalue weighted by atomic mass is 16.3. The second-order valence-corrected chi connectivity index (χ2v) is 4.85. The standard InChI is InChI=1S/C13H26O/c1-6-13(5,14)10-8-7-9-12(4)11(2)3/h9,11,14H,6-8,10H2,1-5H3/b12-9+. The summed E-state index contributed by atoms with van der Waals surface area (Å²) in [6, 6.07) is 0. The van der Waals surface area contributed by atoms with E-state index in [1.54, 1.807) is 0 Å². The minimum Gasteiger partial charge on any atom is -0.390 e. The van der Waals surface area contributed by atoms with Crippen LogP contribution >= 0.6 is 0 Å². The molecular weight excluding hydrogens is 172 g/mol. The van der Waals surface area contributed by atoms with Gasteiger partial charge in [-0.25, -0.2) is 0 Å². The molecular formula is C13H26O. The van der Waals surface area contributed by atoms with Crippen molar-refractivity contribution in [1.29, 1.82) is 0 Å². The van der Waals surface area contributed by atoms with Gasteiger partial charge in [0.05, 0.1) is 5.60 Å². The number of aliphatic hydroxyl groups is 1. The molecule has 0 saturated heterocycles. The molecule has 0 aliphatic carbocycles. The van der Waals surface area contributed by atoms with E-state index in [9.17, 15) is 5.11 Å². The van der Waals surface area contributed by atoms with Crippen molar-refractivity contribution in [2.45, 2.75) is 65.9 Å². The van der Waals surface area contributed by atoms with E-state index in [0.717, 1.165) is 25.7 Å². The molecule has 0 spiro atoms. The molecule has 0 radical (unpaired) electrons. The molecule has 1 atom stereocenters. The van der Waals surface area contributed by atoms with Crippen molar-refractivity contribution in [3.05, 3.63) is 11.6 Å². The summed E-state index contributed by atoms with van der Waals surface area (Å²) in [4.78, 5) is 0. The number of unbranched alkanes of at least 4 members (excludes halogenated alkanes) is 1. The van der Waals surface area contributed by atoms with Gasteiger partial charge in [-0.3, -0.25) is 0 Å². The van der Waals surface area contributed by atoms with Crippen molar-refractivity contribution in [3.63, 3.8) is 0 Å². The van der Waals surface area contributed by atoms with E-state index in [1.165, 1.54) is 5.57 Å². The number of hydrogen-bond acceptors (Lipinski definition) is 1. The zero-order valence-electron chi connectivity index (χ0n) is 10.4. The van der Waals surface area contributed by atoms with Crippen molar-refractivity contribution in [2.75, 3.05) is 0 Å². The van der Waals surface area contributed by atoms with E-state index in [2.05, 4.69) is 26.8 Å². The largest absolute Gasteiger partial charge is 0.390 e. The molecule has 0 fully saturated rings. The van der Waals surface area contributed by atoms with Gasteiger partial charge in [0.15, 0.2) is 0 Å². The second-order valence-electron chi connectivity index (χ2n) is 4.85. The van der Waals surface area contributed by atoms with Gasteiger partial charge in [0, 0.05) is 0 Å². The summed E-state index contributed by atoms with van der Waals surface area (Å²) in [5.74, 6) is 0.654. The van der Waals surface area contributed by atoms with Gasteiger partial charge >= 0.3 is 0 Å². The number of rotatable bonds is 6. The second kappa shape index (κ2) is 6.23. The van der Waals surface area contributed by atoms with Crippen LogP contribution in [0.15, 0.2) is 11.6 Å². The smallest absolute Gasteiger partial charge is 0.0617 e. The summed E-state index contributed by atoms with van der Waals surface area (Å²) in [7, 11) is 0. The molecule has 1 nitrogen and oxygen atoms in total. The molecule has 0 heterocycles. The highest BCUT2D eigenvalue weighted by Gasteiger charge is 2.15. The van der Waals surface area contributed by atoms with Gasteiger partial charge in [0.2, 0.25) is 0 Å². The monoisotopic (exact) mass is 198 g/mol. The topological polar surface area (TPSA) is 20.2 Å². The first kappa shape index (κ1) is 13.7. The van der Waals surface area contributed by atoms with Crippen LogP contribution < -0.4 is 0 Å². The van der Waals surface area contributed by atoms with Gasteiger partial charge in [-0.1, -0.05) is 32.4 Å². The lowest BCUT2D eigenvalue weighted by Crippen LogP contribution is -2.21. The maximum absolute atomic E-state index is 9.78. The summed E-state index contributed by atoms with van der Waals surface area (Å²) in [6.45, 7) is 10.6. The zero-order chi connectivity index (χ0) is 11.2. The van der Waals surface area contributed by atoms with Crippen molar-refractivity contribution in [3.8, 4) is 0 Å². The summed E-state index contributed by atoms with van der Waals surface area (Å²) in [5, 5.41) is 9.78. The van der Waals surface area contributed by atoms with Crippen molar-refractivity contribution in [1.82, 2.24) is 0 Å². The summed E-state index contributed by atoms with van der Waals surface area (Å²) >= 11 is 0. The van der Waals surface area contributed by atoms with Crippen molar-refractivity contribution < 1.29 is 5.11 Å². The third-order valence-electron chi connectivity index (χ3n) is 3.06. The lowest BCUT2D eigenvalue weighted by atomic mass is 9.95. The highest BCUT2D eigenvalue weighted by molar-refractivity contribution is 5.00. The first-order chi connectivity index (χ1) is 6.39. The van der Waals surface area contributed by atoms with E-state index in [4.69, 9.17) is 0 Å². The molecule has 0 aromatic carbocycles. The molecule has 0 aromatic heterocycles. The average Bonchev–Trinajstić information content (AvgIpc) is 2.12. The van der Waals surface area contributed by atoms with Crippen LogP contribution in [0.4, 0.5) is 0 Å². The van der Waals surface area contributed by atoms with Gasteiger partial charge in [-0.2, -0.15) is 0 Å². The fourth-order valence-electron chi connectivity index (χ4n) is 1.23. The molecule has 1 N–H and O–H groups in total. The van der Waals surface area contributed by atoms with Crippen LogP contribution in [0.25, 0.3) is 0 Å². The van der Waals surface area contributed by atoms with Crippen molar-refractivity contribution >= 4 is 0 Å². The van der Waals surface area contributed by atoms with E-state index in [1.807, 2.05) is 13.8 Å². The molecule has 0 amide bonds. The van der Waals surface area contributed by atoms with E-state index in [0.29, 0.717) is 5.92 Å². The van der Waals surface area contributed by atoms with E-state index in [-0.39, 0.29) is 0 Å². The minimum absolute atomic E-state index is 0.459. The molecule has 0 aliphatic heterocycles. The molecule has 84 valence electrons. The minimum atomic E-state index is -0.459. The van der Waals surface area contributed by atoms with Gasteiger partial charge in [0.1, 0.15) is 0 Å². The molecule has 1 heteroatoms. The predicted octanol–water partition coefficient (Wildman–Crippen LogP) is 3.92. The molecule has 1 unspecified atom stereocenters. The quantitative estimate of drug-likeness (QED) is 0.506. The normalized spacial score (nSPS) is 17.2. The Bertz CT molecular complexity index is 178. The summed E-state index contributed by atoms with van der Waals surface area (Å²) in [6.07, 6.45) is 6.24. The molecule has 0 aromatic rings.